The molecular formula is C26H24ClFN2O4. The molecule has 3 aromatic rings. The molecule has 6 nitrogen and oxygen atoms in total. The number of carbonyl (C=O) groups excluding carboxylic acids is 2. The summed E-state index contributed by atoms with van der Waals surface area (Å²) in [6.45, 7) is 0.674. The van der Waals surface area contributed by atoms with Crippen LogP contribution < -0.4 is 19.7 Å². The Morgan fingerprint density at radius 3 is 2.47 bits per heavy atom. The second-order valence-corrected chi connectivity index (χ2v) is 8.36. The van der Waals surface area contributed by atoms with E-state index in [1.807, 2.05) is 24.3 Å². The first-order chi connectivity index (χ1) is 16.4. The van der Waals surface area contributed by atoms with Gasteiger partial charge in [0.25, 0.3) is 0 Å². The molecule has 2 amide bonds. The van der Waals surface area contributed by atoms with Gasteiger partial charge in [0.2, 0.25) is 11.8 Å². The van der Waals surface area contributed by atoms with Crippen molar-refractivity contribution in [1.29, 1.82) is 0 Å². The molecule has 0 saturated carbocycles. The third-order valence-electron chi connectivity index (χ3n) is 5.71. The van der Waals surface area contributed by atoms with Crippen LogP contribution in [0.5, 0.6) is 11.5 Å². The van der Waals surface area contributed by atoms with Crippen molar-refractivity contribution in [2.75, 3.05) is 18.6 Å². The van der Waals surface area contributed by atoms with Crippen molar-refractivity contribution in [3.8, 4) is 11.5 Å². The van der Waals surface area contributed by atoms with Crippen LogP contribution in [0, 0.1) is 11.7 Å². The Morgan fingerprint density at radius 1 is 1.09 bits per heavy atom. The van der Waals surface area contributed by atoms with E-state index in [0.717, 1.165) is 11.3 Å². The van der Waals surface area contributed by atoms with E-state index in [1.165, 1.54) is 12.1 Å². The first-order valence-corrected chi connectivity index (χ1v) is 11.2. The SMILES string of the molecule is COc1ccc(CNC(=O)C2CC(=O)N(c3ccc(OCc4c(F)cccc4Cl)cc3)C2)cc1. The molecule has 1 aliphatic heterocycles. The quantitative estimate of drug-likeness (QED) is 0.503. The van der Waals surface area contributed by atoms with Crippen LogP contribution in [0.15, 0.2) is 66.7 Å². The number of nitrogens with one attached hydrogen (secondary N) is 1. The van der Waals surface area contributed by atoms with Crippen molar-refractivity contribution in [2.24, 2.45) is 5.92 Å². The molecule has 1 atom stereocenters. The maximum Gasteiger partial charge on any atom is 0.227 e. The summed E-state index contributed by atoms with van der Waals surface area (Å²) in [5.41, 5.74) is 1.90. The molecule has 34 heavy (non-hydrogen) atoms. The number of nitrogens with zero attached hydrogens (tertiary/aromatic N) is 1. The highest BCUT2D eigenvalue weighted by Gasteiger charge is 2.35. The molecule has 1 aliphatic rings. The number of methoxy groups -OCH3 is 1. The Labute approximate surface area is 202 Å². The lowest BCUT2D eigenvalue weighted by molar-refractivity contribution is -0.126. The van der Waals surface area contributed by atoms with E-state index in [1.54, 1.807) is 42.3 Å². The number of carbonyl (C=O) groups is 2. The molecule has 0 aromatic heterocycles. The molecule has 1 heterocycles. The Hall–Kier alpha value is -3.58. The van der Waals surface area contributed by atoms with Crippen LogP contribution in [-0.2, 0) is 22.7 Å². The lowest BCUT2D eigenvalue weighted by Crippen LogP contribution is -2.32. The smallest absolute Gasteiger partial charge is 0.227 e. The third-order valence-corrected chi connectivity index (χ3v) is 6.07. The highest BCUT2D eigenvalue weighted by atomic mass is 35.5. The lowest BCUT2D eigenvalue weighted by atomic mass is 10.1. The lowest BCUT2D eigenvalue weighted by Gasteiger charge is -2.17. The van der Waals surface area contributed by atoms with Gasteiger partial charge in [-0.05, 0) is 54.1 Å². The Kier molecular flexibility index (Phi) is 7.33. The topological polar surface area (TPSA) is 67.9 Å². The Morgan fingerprint density at radius 2 is 1.79 bits per heavy atom. The van der Waals surface area contributed by atoms with Crippen LogP contribution in [0.4, 0.5) is 10.1 Å². The van der Waals surface area contributed by atoms with Gasteiger partial charge in [-0.25, -0.2) is 4.39 Å². The second-order valence-electron chi connectivity index (χ2n) is 7.95. The van der Waals surface area contributed by atoms with Crippen molar-refractivity contribution in [2.45, 2.75) is 19.6 Å². The van der Waals surface area contributed by atoms with Crippen LogP contribution in [0.3, 0.4) is 0 Å². The Balaban J connectivity index is 1.31. The van der Waals surface area contributed by atoms with E-state index < -0.39 is 11.7 Å². The summed E-state index contributed by atoms with van der Waals surface area (Å²) in [4.78, 5) is 26.8. The molecule has 1 fully saturated rings. The largest absolute Gasteiger partial charge is 0.497 e. The van der Waals surface area contributed by atoms with E-state index in [2.05, 4.69) is 5.32 Å². The molecule has 1 unspecified atom stereocenters. The second kappa shape index (κ2) is 10.6. The fourth-order valence-corrected chi connectivity index (χ4v) is 3.98. The Bertz CT molecular complexity index is 1150. The van der Waals surface area contributed by atoms with Gasteiger partial charge in [0.1, 0.15) is 23.9 Å². The third kappa shape index (κ3) is 5.48. The maximum atomic E-state index is 13.9. The van der Waals surface area contributed by atoms with Gasteiger partial charge in [-0.2, -0.15) is 0 Å². The number of hydrogen-bond acceptors (Lipinski definition) is 4. The summed E-state index contributed by atoms with van der Waals surface area (Å²) < 4.78 is 24.7. The molecule has 4 rings (SSSR count). The first-order valence-electron chi connectivity index (χ1n) is 10.8. The van der Waals surface area contributed by atoms with Crippen LogP contribution in [0.25, 0.3) is 0 Å². The zero-order valence-electron chi connectivity index (χ0n) is 18.6. The number of rotatable bonds is 8. The molecule has 0 bridgehead atoms. The standard InChI is InChI=1S/C26H24ClFN2O4/c1-33-20-9-5-17(6-10-20)14-29-26(32)18-13-25(31)30(15-18)19-7-11-21(12-8-19)34-16-22-23(27)3-2-4-24(22)28/h2-12,18H,13-16H2,1H3,(H,29,32). The molecule has 176 valence electrons. The minimum atomic E-state index is -0.428. The summed E-state index contributed by atoms with van der Waals surface area (Å²) >= 11 is 6.03. The molecule has 0 aliphatic carbocycles. The van der Waals surface area contributed by atoms with E-state index in [0.29, 0.717) is 29.5 Å². The van der Waals surface area contributed by atoms with Crippen LogP contribution >= 0.6 is 11.6 Å². The van der Waals surface area contributed by atoms with E-state index in [9.17, 15) is 14.0 Å². The zero-order chi connectivity index (χ0) is 24.1. The van der Waals surface area contributed by atoms with Crippen molar-refractivity contribution in [3.63, 3.8) is 0 Å². The van der Waals surface area contributed by atoms with Crippen LogP contribution in [0.2, 0.25) is 5.02 Å². The van der Waals surface area contributed by atoms with Gasteiger partial charge < -0.3 is 19.7 Å². The van der Waals surface area contributed by atoms with Gasteiger partial charge in [-0.1, -0.05) is 29.8 Å². The van der Waals surface area contributed by atoms with Gasteiger partial charge in [0.15, 0.2) is 0 Å². The van der Waals surface area contributed by atoms with Gasteiger partial charge in [-0.3, -0.25) is 9.59 Å². The van der Waals surface area contributed by atoms with Crippen molar-refractivity contribution in [3.05, 3.63) is 88.7 Å². The van der Waals surface area contributed by atoms with Crippen molar-refractivity contribution in [1.82, 2.24) is 5.32 Å². The zero-order valence-corrected chi connectivity index (χ0v) is 19.3. The van der Waals surface area contributed by atoms with E-state index in [-0.39, 0.29) is 30.4 Å². The molecule has 1 saturated heterocycles. The van der Waals surface area contributed by atoms with Gasteiger partial charge >= 0.3 is 0 Å². The summed E-state index contributed by atoms with van der Waals surface area (Å²) in [7, 11) is 1.60. The van der Waals surface area contributed by atoms with Gasteiger partial charge in [0, 0.05) is 30.8 Å². The number of ether oxygens (including phenoxy) is 2. The minimum Gasteiger partial charge on any atom is -0.497 e. The fourth-order valence-electron chi connectivity index (χ4n) is 3.76. The first kappa shape index (κ1) is 23.6. The predicted octanol–water partition coefficient (Wildman–Crippen LogP) is 4.74. The number of halogens is 2. The summed E-state index contributed by atoms with van der Waals surface area (Å²) in [6, 6.07) is 18.8. The number of anilines is 1. The highest BCUT2D eigenvalue weighted by molar-refractivity contribution is 6.31. The number of benzene rings is 3. The predicted molar refractivity (Wildman–Crippen MR) is 127 cm³/mol. The molecule has 8 heteroatoms. The highest BCUT2D eigenvalue weighted by Crippen LogP contribution is 2.28. The van der Waals surface area contributed by atoms with Gasteiger partial charge in [-0.15, -0.1) is 0 Å². The number of amides is 2. The van der Waals surface area contributed by atoms with Crippen molar-refractivity contribution >= 4 is 29.1 Å². The van der Waals surface area contributed by atoms with Crippen molar-refractivity contribution < 1.29 is 23.5 Å². The fraction of sp³-hybridized carbons (Fsp3) is 0.231. The van der Waals surface area contributed by atoms with E-state index >= 15 is 0 Å². The van der Waals surface area contributed by atoms with Crippen LogP contribution in [-0.4, -0.2) is 25.5 Å². The average molecular weight is 483 g/mol. The molecule has 0 spiro atoms. The summed E-state index contributed by atoms with van der Waals surface area (Å²) in [5, 5.41) is 3.20. The normalized spacial score (nSPS) is 15.3. The molecule has 1 N–H and O–H groups in total. The van der Waals surface area contributed by atoms with Crippen LogP contribution in [0.1, 0.15) is 17.5 Å². The molecular weight excluding hydrogens is 459 g/mol. The number of hydrogen-bond donors (Lipinski definition) is 1. The average Bonchev–Trinajstić information content (AvgIpc) is 3.24. The molecule has 3 aromatic carbocycles. The summed E-state index contributed by atoms with van der Waals surface area (Å²) in [5.74, 6) is 0.140. The van der Waals surface area contributed by atoms with E-state index in [4.69, 9.17) is 21.1 Å². The van der Waals surface area contributed by atoms with Gasteiger partial charge in [0.05, 0.1) is 18.1 Å². The molecule has 0 radical (unpaired) electrons. The maximum absolute atomic E-state index is 13.9. The summed E-state index contributed by atoms with van der Waals surface area (Å²) in [6.07, 6.45) is 0.151. The minimum absolute atomic E-state index is 0.00998. The monoisotopic (exact) mass is 482 g/mol.